The molecular formula is C15H21BrN2O. The third-order valence-corrected chi connectivity index (χ3v) is 4.44. The Balaban J connectivity index is 2.11. The molecule has 0 aromatic heterocycles. The first-order chi connectivity index (χ1) is 8.99. The molecule has 1 heterocycles. The first-order valence-electron chi connectivity index (χ1n) is 6.79. The fourth-order valence-corrected chi connectivity index (χ4v) is 3.19. The van der Waals surface area contributed by atoms with Crippen LogP contribution in [-0.2, 0) is 0 Å². The maximum Gasteiger partial charge on any atom is 0.251 e. The van der Waals surface area contributed by atoms with E-state index in [-0.39, 0.29) is 11.9 Å². The van der Waals surface area contributed by atoms with Crippen molar-refractivity contribution < 1.29 is 4.79 Å². The number of nitrogens with one attached hydrogen (secondary N) is 2. The molecule has 3 atom stereocenters. The van der Waals surface area contributed by atoms with Gasteiger partial charge in [-0.05, 0) is 56.5 Å². The van der Waals surface area contributed by atoms with Crippen LogP contribution < -0.4 is 10.6 Å². The van der Waals surface area contributed by atoms with Crippen LogP contribution in [-0.4, -0.2) is 24.5 Å². The van der Waals surface area contributed by atoms with Crippen LogP contribution in [0.15, 0.2) is 22.7 Å². The van der Waals surface area contributed by atoms with Crippen LogP contribution in [0.1, 0.15) is 36.2 Å². The molecule has 2 rings (SSSR count). The molecule has 1 aliphatic heterocycles. The molecule has 0 bridgehead atoms. The van der Waals surface area contributed by atoms with Gasteiger partial charge in [0.05, 0.1) is 0 Å². The predicted octanol–water partition coefficient (Wildman–Crippen LogP) is 2.87. The smallest absolute Gasteiger partial charge is 0.251 e. The summed E-state index contributed by atoms with van der Waals surface area (Å²) in [6, 6.07) is 6.28. The van der Waals surface area contributed by atoms with Crippen LogP contribution >= 0.6 is 15.9 Å². The summed E-state index contributed by atoms with van der Waals surface area (Å²) in [4.78, 5) is 12.4. The number of carbonyl (C=O) groups excluding carboxylic acids is 1. The SMILES string of the molecule is Cc1cc(Br)ccc1C(=O)NC1C(C)CCNC1C. The Hall–Kier alpha value is -0.870. The lowest BCUT2D eigenvalue weighted by atomic mass is 9.89. The van der Waals surface area contributed by atoms with Crippen molar-refractivity contribution in [2.24, 2.45) is 5.92 Å². The Morgan fingerprint density at radius 2 is 2.16 bits per heavy atom. The molecule has 0 spiro atoms. The van der Waals surface area contributed by atoms with E-state index < -0.39 is 0 Å². The van der Waals surface area contributed by atoms with Crippen LogP contribution in [0.2, 0.25) is 0 Å². The number of benzene rings is 1. The molecule has 104 valence electrons. The number of hydrogen-bond donors (Lipinski definition) is 2. The second-order valence-electron chi connectivity index (χ2n) is 5.47. The zero-order valence-electron chi connectivity index (χ0n) is 11.7. The zero-order chi connectivity index (χ0) is 14.0. The molecular weight excluding hydrogens is 304 g/mol. The third kappa shape index (κ3) is 3.37. The fourth-order valence-electron chi connectivity index (χ4n) is 2.72. The van der Waals surface area contributed by atoms with Gasteiger partial charge in [0.1, 0.15) is 0 Å². The average Bonchev–Trinajstić information content (AvgIpc) is 2.33. The number of halogens is 1. The molecule has 1 aromatic carbocycles. The Bertz CT molecular complexity index is 465. The van der Waals surface area contributed by atoms with Crippen molar-refractivity contribution in [2.75, 3.05) is 6.54 Å². The topological polar surface area (TPSA) is 41.1 Å². The first kappa shape index (κ1) is 14.5. The largest absolute Gasteiger partial charge is 0.347 e. The highest BCUT2D eigenvalue weighted by molar-refractivity contribution is 9.10. The lowest BCUT2D eigenvalue weighted by Crippen LogP contribution is -2.55. The summed E-state index contributed by atoms with van der Waals surface area (Å²) in [5, 5.41) is 6.60. The number of hydrogen-bond acceptors (Lipinski definition) is 2. The highest BCUT2D eigenvalue weighted by Crippen LogP contribution is 2.19. The van der Waals surface area contributed by atoms with Crippen molar-refractivity contribution in [3.63, 3.8) is 0 Å². The van der Waals surface area contributed by atoms with E-state index >= 15 is 0 Å². The van der Waals surface area contributed by atoms with Gasteiger partial charge < -0.3 is 10.6 Å². The minimum absolute atomic E-state index is 0.0254. The van der Waals surface area contributed by atoms with Gasteiger partial charge in [0.2, 0.25) is 0 Å². The molecule has 19 heavy (non-hydrogen) atoms. The Morgan fingerprint density at radius 1 is 1.42 bits per heavy atom. The Morgan fingerprint density at radius 3 is 2.79 bits per heavy atom. The number of rotatable bonds is 2. The lowest BCUT2D eigenvalue weighted by Gasteiger charge is -2.36. The molecule has 1 saturated heterocycles. The summed E-state index contributed by atoms with van der Waals surface area (Å²) in [5.74, 6) is 0.536. The molecule has 1 amide bonds. The van der Waals surface area contributed by atoms with Gasteiger partial charge in [0.25, 0.3) is 5.91 Å². The van der Waals surface area contributed by atoms with Gasteiger partial charge in [0, 0.05) is 22.1 Å². The molecule has 3 unspecified atom stereocenters. The first-order valence-corrected chi connectivity index (χ1v) is 7.58. The fraction of sp³-hybridized carbons (Fsp3) is 0.533. The van der Waals surface area contributed by atoms with E-state index in [9.17, 15) is 4.79 Å². The lowest BCUT2D eigenvalue weighted by molar-refractivity contribution is 0.0897. The Labute approximate surface area is 123 Å². The van der Waals surface area contributed by atoms with Gasteiger partial charge in [-0.25, -0.2) is 0 Å². The van der Waals surface area contributed by atoms with Gasteiger partial charge >= 0.3 is 0 Å². The van der Waals surface area contributed by atoms with Crippen molar-refractivity contribution in [2.45, 2.75) is 39.3 Å². The second kappa shape index (κ2) is 6.06. The second-order valence-corrected chi connectivity index (χ2v) is 6.38. The standard InChI is InChI=1S/C15H21BrN2O/c1-9-6-7-17-11(3)14(9)18-15(19)13-5-4-12(16)8-10(13)2/h4-5,8-9,11,14,17H,6-7H2,1-3H3,(H,18,19). The average molecular weight is 325 g/mol. The number of aryl methyl sites for hydroxylation is 1. The van der Waals surface area contributed by atoms with E-state index in [0.717, 1.165) is 28.6 Å². The van der Waals surface area contributed by atoms with Crippen molar-refractivity contribution in [3.8, 4) is 0 Å². The van der Waals surface area contributed by atoms with E-state index in [4.69, 9.17) is 0 Å². The highest BCUT2D eigenvalue weighted by Gasteiger charge is 2.29. The van der Waals surface area contributed by atoms with Crippen molar-refractivity contribution >= 4 is 21.8 Å². The summed E-state index contributed by atoms with van der Waals surface area (Å²) in [7, 11) is 0. The van der Waals surface area contributed by atoms with Crippen molar-refractivity contribution in [1.29, 1.82) is 0 Å². The van der Waals surface area contributed by atoms with Gasteiger partial charge in [-0.15, -0.1) is 0 Å². The maximum atomic E-state index is 12.4. The van der Waals surface area contributed by atoms with Crippen LogP contribution in [0.25, 0.3) is 0 Å². The number of amides is 1. The molecule has 2 N–H and O–H groups in total. The normalized spacial score (nSPS) is 27.1. The molecule has 0 radical (unpaired) electrons. The maximum absolute atomic E-state index is 12.4. The summed E-state index contributed by atoms with van der Waals surface area (Å²) < 4.78 is 1.00. The molecule has 0 aliphatic carbocycles. The molecule has 1 fully saturated rings. The summed E-state index contributed by atoms with van der Waals surface area (Å²) in [6.07, 6.45) is 1.11. The van der Waals surface area contributed by atoms with Crippen molar-refractivity contribution in [1.82, 2.24) is 10.6 Å². The molecule has 1 aliphatic rings. The van der Waals surface area contributed by atoms with Gasteiger partial charge in [-0.1, -0.05) is 22.9 Å². The zero-order valence-corrected chi connectivity index (χ0v) is 13.3. The minimum Gasteiger partial charge on any atom is -0.347 e. The van der Waals surface area contributed by atoms with Gasteiger partial charge in [0.15, 0.2) is 0 Å². The third-order valence-electron chi connectivity index (χ3n) is 3.95. The van der Waals surface area contributed by atoms with Crippen molar-refractivity contribution in [3.05, 3.63) is 33.8 Å². The number of piperidine rings is 1. The number of carbonyl (C=O) groups is 1. The van der Waals surface area contributed by atoms with Crippen LogP contribution in [0.4, 0.5) is 0 Å². The quantitative estimate of drug-likeness (QED) is 0.878. The summed E-state index contributed by atoms with van der Waals surface area (Å²) >= 11 is 3.42. The van der Waals surface area contributed by atoms with Gasteiger partial charge in [-0.2, -0.15) is 0 Å². The van der Waals surface area contributed by atoms with Crippen LogP contribution in [0, 0.1) is 12.8 Å². The van der Waals surface area contributed by atoms with E-state index in [1.807, 2.05) is 25.1 Å². The van der Waals surface area contributed by atoms with Crippen LogP contribution in [0.5, 0.6) is 0 Å². The highest BCUT2D eigenvalue weighted by atomic mass is 79.9. The molecule has 0 saturated carbocycles. The van der Waals surface area contributed by atoms with E-state index in [0.29, 0.717) is 12.0 Å². The summed E-state index contributed by atoms with van der Waals surface area (Å²) in [5.41, 5.74) is 1.75. The van der Waals surface area contributed by atoms with E-state index in [2.05, 4.69) is 40.4 Å². The van der Waals surface area contributed by atoms with Crippen LogP contribution in [0.3, 0.4) is 0 Å². The van der Waals surface area contributed by atoms with E-state index in [1.165, 1.54) is 0 Å². The Kier molecular flexibility index (Phi) is 4.63. The van der Waals surface area contributed by atoms with Gasteiger partial charge in [-0.3, -0.25) is 4.79 Å². The monoisotopic (exact) mass is 324 g/mol. The minimum atomic E-state index is 0.0254. The molecule has 3 nitrogen and oxygen atoms in total. The summed E-state index contributed by atoms with van der Waals surface area (Å²) in [6.45, 7) is 7.34. The molecule has 1 aromatic rings. The molecule has 4 heteroatoms. The van der Waals surface area contributed by atoms with E-state index in [1.54, 1.807) is 0 Å². The predicted molar refractivity (Wildman–Crippen MR) is 81.4 cm³/mol.